The lowest BCUT2D eigenvalue weighted by molar-refractivity contribution is -0.125. The molecule has 2 amide bonds. The van der Waals surface area contributed by atoms with E-state index in [1.807, 2.05) is 49.4 Å². The van der Waals surface area contributed by atoms with Crippen LogP contribution in [0.2, 0.25) is 0 Å². The normalized spacial score (nSPS) is 15.2. The summed E-state index contributed by atoms with van der Waals surface area (Å²) in [4.78, 5) is 36.8. The lowest BCUT2D eigenvalue weighted by Crippen LogP contribution is -2.59. The fourth-order valence-electron chi connectivity index (χ4n) is 3.82. The van der Waals surface area contributed by atoms with Gasteiger partial charge in [-0.25, -0.2) is 9.97 Å². The Morgan fingerprint density at radius 3 is 2.68 bits per heavy atom. The Morgan fingerprint density at radius 2 is 1.84 bits per heavy atom. The standard InChI is InChI=1S/C22H20N6O2S/c1-13-23-19-14-8-4-5-9-15(14)25-21(28(19)26-13)31-12-18(29)27-17-11-7-6-10-16(17)24-20(30)22(27,2)3/h4-11H,12H2,1-3H3,(H,24,30). The van der Waals surface area contributed by atoms with E-state index in [0.29, 0.717) is 28.0 Å². The first kappa shape index (κ1) is 19.5. The van der Waals surface area contributed by atoms with Crippen molar-refractivity contribution in [2.45, 2.75) is 31.5 Å². The summed E-state index contributed by atoms with van der Waals surface area (Å²) < 4.78 is 1.68. The van der Waals surface area contributed by atoms with Gasteiger partial charge in [0.15, 0.2) is 10.8 Å². The number of aromatic nitrogens is 4. The molecule has 1 N–H and O–H groups in total. The predicted octanol–water partition coefficient (Wildman–Crippen LogP) is 3.44. The highest BCUT2D eigenvalue weighted by Crippen LogP contribution is 2.37. The third kappa shape index (κ3) is 3.12. The molecule has 0 bridgehead atoms. The zero-order chi connectivity index (χ0) is 21.8. The number of rotatable bonds is 3. The molecule has 1 aliphatic heterocycles. The van der Waals surface area contributed by atoms with Gasteiger partial charge in [-0.15, -0.1) is 5.10 Å². The number of carbonyl (C=O) groups is 2. The molecule has 9 heteroatoms. The van der Waals surface area contributed by atoms with Gasteiger partial charge in [-0.2, -0.15) is 4.52 Å². The maximum Gasteiger partial charge on any atom is 0.250 e. The summed E-state index contributed by atoms with van der Waals surface area (Å²) in [5.41, 5.74) is 1.80. The number of benzene rings is 2. The summed E-state index contributed by atoms with van der Waals surface area (Å²) in [7, 11) is 0. The first-order valence-corrected chi connectivity index (χ1v) is 10.8. The van der Waals surface area contributed by atoms with Gasteiger partial charge in [0.2, 0.25) is 11.8 Å². The number of hydrogen-bond acceptors (Lipinski definition) is 6. The van der Waals surface area contributed by atoms with Gasteiger partial charge in [0.25, 0.3) is 0 Å². The molecule has 31 heavy (non-hydrogen) atoms. The van der Waals surface area contributed by atoms with Crippen molar-refractivity contribution in [1.29, 1.82) is 0 Å². The van der Waals surface area contributed by atoms with Crippen LogP contribution in [0.25, 0.3) is 16.6 Å². The van der Waals surface area contributed by atoms with Gasteiger partial charge in [-0.05, 0) is 45.0 Å². The summed E-state index contributed by atoms with van der Waals surface area (Å²) in [6, 6.07) is 15.0. The Morgan fingerprint density at radius 1 is 1.10 bits per heavy atom. The number of fused-ring (bicyclic) bond motifs is 4. The van der Waals surface area contributed by atoms with Gasteiger partial charge < -0.3 is 5.32 Å². The largest absolute Gasteiger partial charge is 0.322 e. The van der Waals surface area contributed by atoms with E-state index in [1.165, 1.54) is 11.8 Å². The fourth-order valence-corrected chi connectivity index (χ4v) is 4.61. The van der Waals surface area contributed by atoms with E-state index in [4.69, 9.17) is 4.98 Å². The van der Waals surface area contributed by atoms with Crippen LogP contribution in [0.5, 0.6) is 0 Å². The van der Waals surface area contributed by atoms with Crippen molar-refractivity contribution in [2.75, 3.05) is 16.0 Å². The molecule has 0 unspecified atom stereocenters. The molecule has 0 aliphatic carbocycles. The minimum atomic E-state index is -1.01. The van der Waals surface area contributed by atoms with Crippen LogP contribution < -0.4 is 10.2 Å². The highest BCUT2D eigenvalue weighted by molar-refractivity contribution is 7.99. The van der Waals surface area contributed by atoms with E-state index in [9.17, 15) is 9.59 Å². The van der Waals surface area contributed by atoms with Crippen molar-refractivity contribution in [1.82, 2.24) is 19.6 Å². The third-order valence-electron chi connectivity index (χ3n) is 5.34. The molecule has 0 spiro atoms. The molecule has 0 saturated heterocycles. The molecule has 0 radical (unpaired) electrons. The Bertz CT molecular complexity index is 1360. The number of thioether (sulfide) groups is 1. The number of nitrogens with zero attached hydrogens (tertiary/aromatic N) is 5. The van der Waals surface area contributed by atoms with Crippen molar-refractivity contribution in [3.63, 3.8) is 0 Å². The summed E-state index contributed by atoms with van der Waals surface area (Å²) in [5, 5.41) is 8.83. The summed E-state index contributed by atoms with van der Waals surface area (Å²) in [6.07, 6.45) is 0. The molecule has 3 heterocycles. The molecular formula is C22H20N6O2S. The summed E-state index contributed by atoms with van der Waals surface area (Å²) in [5.74, 6) is 0.332. The maximum absolute atomic E-state index is 13.4. The highest BCUT2D eigenvalue weighted by Gasteiger charge is 2.43. The number of nitrogens with one attached hydrogen (secondary N) is 1. The third-order valence-corrected chi connectivity index (χ3v) is 6.25. The molecule has 1 aliphatic rings. The minimum Gasteiger partial charge on any atom is -0.322 e. The highest BCUT2D eigenvalue weighted by atomic mass is 32.2. The Hall–Kier alpha value is -3.46. The molecule has 5 rings (SSSR count). The van der Waals surface area contributed by atoms with E-state index in [-0.39, 0.29) is 17.6 Å². The maximum atomic E-state index is 13.4. The number of aryl methyl sites for hydroxylation is 1. The monoisotopic (exact) mass is 432 g/mol. The lowest BCUT2D eigenvalue weighted by Gasteiger charge is -2.42. The van der Waals surface area contributed by atoms with Crippen molar-refractivity contribution in [2.24, 2.45) is 0 Å². The number of amides is 2. The zero-order valence-corrected chi connectivity index (χ0v) is 18.1. The van der Waals surface area contributed by atoms with Crippen molar-refractivity contribution < 1.29 is 9.59 Å². The van der Waals surface area contributed by atoms with Crippen LogP contribution in [0.15, 0.2) is 53.7 Å². The van der Waals surface area contributed by atoms with E-state index in [0.717, 1.165) is 10.9 Å². The fraction of sp³-hybridized carbons (Fsp3) is 0.227. The van der Waals surface area contributed by atoms with Crippen LogP contribution in [0.3, 0.4) is 0 Å². The van der Waals surface area contributed by atoms with Crippen molar-refractivity contribution >= 4 is 51.5 Å². The number of anilines is 2. The Balaban J connectivity index is 1.51. The molecule has 0 saturated carbocycles. The molecule has 4 aromatic rings. The number of hydrogen-bond donors (Lipinski definition) is 1. The second-order valence-corrected chi connectivity index (χ2v) is 8.80. The molecule has 156 valence electrons. The SMILES string of the molecule is Cc1nc2c3ccccc3nc(SCC(=O)N3c4ccccc4NC(=O)C3(C)C)n2n1. The van der Waals surface area contributed by atoms with Gasteiger partial charge in [0.05, 0.1) is 22.6 Å². The van der Waals surface area contributed by atoms with Gasteiger partial charge >= 0.3 is 0 Å². The van der Waals surface area contributed by atoms with Crippen LogP contribution in [0.1, 0.15) is 19.7 Å². The molecule has 8 nitrogen and oxygen atoms in total. The average molecular weight is 433 g/mol. The van der Waals surface area contributed by atoms with Crippen LogP contribution in [-0.2, 0) is 9.59 Å². The molecule has 2 aromatic heterocycles. The predicted molar refractivity (Wildman–Crippen MR) is 120 cm³/mol. The molecular weight excluding hydrogens is 412 g/mol. The zero-order valence-electron chi connectivity index (χ0n) is 17.3. The summed E-state index contributed by atoms with van der Waals surface area (Å²) >= 11 is 1.28. The van der Waals surface area contributed by atoms with Crippen molar-refractivity contribution in [3.05, 3.63) is 54.4 Å². The lowest BCUT2D eigenvalue weighted by atomic mass is 9.96. The molecule has 0 fully saturated rings. The topological polar surface area (TPSA) is 92.5 Å². The number of para-hydroxylation sites is 3. The molecule has 2 aromatic carbocycles. The summed E-state index contributed by atoms with van der Waals surface area (Å²) in [6.45, 7) is 5.31. The van der Waals surface area contributed by atoms with Gasteiger partial charge in [-0.1, -0.05) is 36.0 Å². The van der Waals surface area contributed by atoms with E-state index >= 15 is 0 Å². The van der Waals surface area contributed by atoms with Gasteiger partial charge in [0, 0.05) is 5.39 Å². The first-order valence-electron chi connectivity index (χ1n) is 9.85. The van der Waals surface area contributed by atoms with Crippen molar-refractivity contribution in [3.8, 4) is 0 Å². The van der Waals surface area contributed by atoms with Crippen LogP contribution in [-0.4, -0.2) is 42.7 Å². The Labute approximate surface area is 182 Å². The van der Waals surface area contributed by atoms with Crippen LogP contribution in [0, 0.1) is 6.92 Å². The Kier molecular flexibility index (Phi) is 4.44. The average Bonchev–Trinajstić information content (AvgIpc) is 3.14. The van der Waals surface area contributed by atoms with Gasteiger partial charge in [0.1, 0.15) is 11.4 Å². The second-order valence-electron chi connectivity index (χ2n) is 7.85. The van der Waals surface area contributed by atoms with Gasteiger partial charge in [-0.3, -0.25) is 14.5 Å². The van der Waals surface area contributed by atoms with Crippen LogP contribution >= 0.6 is 11.8 Å². The van der Waals surface area contributed by atoms with E-state index in [2.05, 4.69) is 15.4 Å². The first-order chi connectivity index (χ1) is 14.9. The number of carbonyl (C=O) groups excluding carboxylic acids is 2. The second kappa shape index (κ2) is 7.05. The van der Waals surface area contributed by atoms with E-state index < -0.39 is 5.54 Å². The quantitative estimate of drug-likeness (QED) is 0.394. The molecule has 0 atom stereocenters. The van der Waals surface area contributed by atoms with Crippen LogP contribution in [0.4, 0.5) is 11.4 Å². The van der Waals surface area contributed by atoms with E-state index in [1.54, 1.807) is 29.3 Å². The smallest absolute Gasteiger partial charge is 0.250 e. The minimum absolute atomic E-state index is 0.102.